The number of nitrogens with one attached hydrogen (secondary N) is 1. The van der Waals surface area contributed by atoms with Crippen LogP contribution in [-0.4, -0.2) is 26.4 Å². The first-order valence-electron chi connectivity index (χ1n) is 10.0. The van der Waals surface area contributed by atoms with E-state index in [0.717, 1.165) is 38.8 Å². The normalized spacial score (nSPS) is 11.2. The third kappa shape index (κ3) is 3.90. The van der Waals surface area contributed by atoms with Crippen LogP contribution in [0.2, 0.25) is 0 Å². The summed E-state index contributed by atoms with van der Waals surface area (Å²) in [6.45, 7) is 3.05. The molecule has 0 aliphatic carbocycles. The maximum atomic E-state index is 13.5. The second-order valence-corrected chi connectivity index (χ2v) is 7.16. The van der Waals surface area contributed by atoms with Crippen molar-refractivity contribution in [3.63, 3.8) is 0 Å². The van der Waals surface area contributed by atoms with Crippen LogP contribution in [0.3, 0.4) is 0 Å². The van der Waals surface area contributed by atoms with E-state index in [0.29, 0.717) is 19.0 Å². The summed E-state index contributed by atoms with van der Waals surface area (Å²) in [7, 11) is 0. The van der Waals surface area contributed by atoms with Crippen molar-refractivity contribution in [3.05, 3.63) is 84.6 Å². The van der Waals surface area contributed by atoms with Crippen molar-refractivity contribution in [2.75, 3.05) is 11.9 Å². The molecule has 0 spiro atoms. The van der Waals surface area contributed by atoms with Gasteiger partial charge in [0.25, 0.3) is 0 Å². The van der Waals surface area contributed by atoms with Crippen molar-refractivity contribution in [1.82, 2.24) is 19.7 Å². The summed E-state index contributed by atoms with van der Waals surface area (Å²) in [6, 6.07) is 18.3. The first-order chi connectivity index (χ1) is 15.2. The molecule has 0 aliphatic rings. The molecule has 0 saturated heterocycles. The van der Waals surface area contributed by atoms with Crippen molar-refractivity contribution in [2.24, 2.45) is 0 Å². The third-order valence-corrected chi connectivity index (χ3v) is 5.04. The SMILES string of the molecule is CCOc1ccc2ncnc(Nc3ccc4c(cnn4Cc4cccc(F)c4)c3)c2c1. The number of benzene rings is 3. The van der Waals surface area contributed by atoms with E-state index in [1.807, 2.05) is 60.3 Å². The molecule has 0 saturated carbocycles. The number of ether oxygens (including phenoxy) is 1. The largest absolute Gasteiger partial charge is 0.494 e. The molecule has 0 amide bonds. The van der Waals surface area contributed by atoms with Gasteiger partial charge in [0.1, 0.15) is 23.7 Å². The van der Waals surface area contributed by atoms with E-state index in [1.54, 1.807) is 12.4 Å². The lowest BCUT2D eigenvalue weighted by atomic mass is 10.2. The Morgan fingerprint density at radius 1 is 1.03 bits per heavy atom. The lowest BCUT2D eigenvalue weighted by Gasteiger charge is -2.10. The van der Waals surface area contributed by atoms with Crippen molar-refractivity contribution in [3.8, 4) is 5.75 Å². The molecular formula is C24H20FN5O. The summed E-state index contributed by atoms with van der Waals surface area (Å²) in [5.41, 5.74) is 3.57. The molecule has 0 unspecified atom stereocenters. The Hall–Kier alpha value is -4.00. The fourth-order valence-electron chi connectivity index (χ4n) is 3.63. The van der Waals surface area contributed by atoms with Gasteiger partial charge >= 0.3 is 0 Å². The summed E-state index contributed by atoms with van der Waals surface area (Å²) in [5, 5.41) is 9.72. The highest BCUT2D eigenvalue weighted by Gasteiger charge is 2.09. The Bertz CT molecular complexity index is 1380. The standard InChI is InChI=1S/C24H20FN5O/c1-2-31-20-7-8-22-21(12-20)24(27-15-26-22)29-19-6-9-23-17(11-19)13-28-30(23)14-16-4-3-5-18(25)10-16/h3-13,15H,2,14H2,1H3,(H,26,27,29). The Morgan fingerprint density at radius 2 is 1.97 bits per heavy atom. The number of aromatic nitrogens is 4. The quantitative estimate of drug-likeness (QED) is 0.409. The van der Waals surface area contributed by atoms with Crippen molar-refractivity contribution in [2.45, 2.75) is 13.5 Å². The van der Waals surface area contributed by atoms with Crippen molar-refractivity contribution >= 4 is 33.3 Å². The predicted molar refractivity (Wildman–Crippen MR) is 119 cm³/mol. The lowest BCUT2D eigenvalue weighted by Crippen LogP contribution is -2.01. The Kier molecular flexibility index (Phi) is 4.92. The molecule has 31 heavy (non-hydrogen) atoms. The van der Waals surface area contributed by atoms with E-state index in [4.69, 9.17) is 4.74 Å². The first kappa shape index (κ1) is 19.0. The second-order valence-electron chi connectivity index (χ2n) is 7.16. The Balaban J connectivity index is 1.44. The number of hydrogen-bond acceptors (Lipinski definition) is 5. The highest BCUT2D eigenvalue weighted by molar-refractivity contribution is 5.92. The van der Waals surface area contributed by atoms with Gasteiger partial charge in [0, 0.05) is 16.5 Å². The minimum absolute atomic E-state index is 0.245. The molecule has 3 aromatic carbocycles. The van der Waals surface area contributed by atoms with E-state index >= 15 is 0 Å². The van der Waals surface area contributed by atoms with Gasteiger partial charge < -0.3 is 10.1 Å². The van der Waals surface area contributed by atoms with E-state index in [2.05, 4.69) is 20.4 Å². The molecule has 0 fully saturated rings. The number of fused-ring (bicyclic) bond motifs is 2. The summed E-state index contributed by atoms with van der Waals surface area (Å²) in [6.07, 6.45) is 3.35. The number of nitrogens with zero attached hydrogens (tertiary/aromatic N) is 4. The number of halogens is 1. The average Bonchev–Trinajstić information content (AvgIpc) is 3.16. The van der Waals surface area contributed by atoms with Crippen LogP contribution in [0.4, 0.5) is 15.9 Å². The van der Waals surface area contributed by atoms with E-state index in [9.17, 15) is 4.39 Å². The fourth-order valence-corrected chi connectivity index (χ4v) is 3.63. The topological polar surface area (TPSA) is 64.9 Å². The predicted octanol–water partition coefficient (Wildman–Crippen LogP) is 5.31. The average molecular weight is 413 g/mol. The fraction of sp³-hybridized carbons (Fsp3) is 0.125. The van der Waals surface area contributed by atoms with Crippen LogP contribution < -0.4 is 10.1 Å². The van der Waals surface area contributed by atoms with Gasteiger partial charge in [-0.15, -0.1) is 0 Å². The molecule has 5 rings (SSSR count). The summed E-state index contributed by atoms with van der Waals surface area (Å²) >= 11 is 0. The first-order valence-corrected chi connectivity index (χ1v) is 10.0. The minimum Gasteiger partial charge on any atom is -0.494 e. The molecule has 0 radical (unpaired) electrons. The van der Waals surface area contributed by atoms with Crippen LogP contribution in [0, 0.1) is 5.82 Å². The van der Waals surface area contributed by atoms with Crippen LogP contribution in [-0.2, 0) is 6.54 Å². The highest BCUT2D eigenvalue weighted by atomic mass is 19.1. The van der Waals surface area contributed by atoms with E-state index < -0.39 is 0 Å². The van der Waals surface area contributed by atoms with Crippen LogP contribution >= 0.6 is 0 Å². The number of rotatable bonds is 6. The third-order valence-electron chi connectivity index (χ3n) is 5.04. The molecule has 2 aromatic heterocycles. The highest BCUT2D eigenvalue weighted by Crippen LogP contribution is 2.28. The van der Waals surface area contributed by atoms with Gasteiger partial charge in [-0.05, 0) is 61.0 Å². The molecule has 2 heterocycles. The van der Waals surface area contributed by atoms with Gasteiger partial charge in [-0.1, -0.05) is 12.1 Å². The molecular weight excluding hydrogens is 393 g/mol. The van der Waals surface area contributed by atoms with Crippen molar-refractivity contribution in [1.29, 1.82) is 0 Å². The molecule has 0 atom stereocenters. The molecule has 7 heteroatoms. The maximum Gasteiger partial charge on any atom is 0.141 e. The van der Waals surface area contributed by atoms with Crippen LogP contribution in [0.1, 0.15) is 12.5 Å². The summed E-state index contributed by atoms with van der Waals surface area (Å²) in [4.78, 5) is 8.76. The zero-order valence-electron chi connectivity index (χ0n) is 16.9. The van der Waals surface area contributed by atoms with Gasteiger partial charge in [-0.2, -0.15) is 5.10 Å². The van der Waals surface area contributed by atoms with Crippen LogP contribution in [0.5, 0.6) is 5.75 Å². The van der Waals surface area contributed by atoms with Crippen LogP contribution in [0.25, 0.3) is 21.8 Å². The van der Waals surface area contributed by atoms with Gasteiger partial charge in [0.15, 0.2) is 0 Å². The summed E-state index contributed by atoms with van der Waals surface area (Å²) in [5.74, 6) is 1.24. The van der Waals surface area contributed by atoms with Gasteiger partial charge in [-0.3, -0.25) is 4.68 Å². The Labute approximate surface area is 178 Å². The zero-order chi connectivity index (χ0) is 21.2. The molecule has 154 valence electrons. The van der Waals surface area contributed by atoms with Gasteiger partial charge in [0.05, 0.1) is 30.4 Å². The Morgan fingerprint density at radius 3 is 2.84 bits per heavy atom. The molecule has 1 N–H and O–H groups in total. The van der Waals surface area contributed by atoms with Crippen molar-refractivity contribution < 1.29 is 9.13 Å². The second kappa shape index (κ2) is 8.02. The van der Waals surface area contributed by atoms with Crippen LogP contribution in [0.15, 0.2) is 73.2 Å². The number of hydrogen-bond donors (Lipinski definition) is 1. The van der Waals surface area contributed by atoms with E-state index in [-0.39, 0.29) is 5.82 Å². The maximum absolute atomic E-state index is 13.5. The molecule has 0 bridgehead atoms. The van der Waals surface area contributed by atoms with E-state index in [1.165, 1.54) is 12.1 Å². The minimum atomic E-state index is -0.245. The molecule has 6 nitrogen and oxygen atoms in total. The number of anilines is 2. The smallest absolute Gasteiger partial charge is 0.141 e. The zero-order valence-corrected chi connectivity index (χ0v) is 16.9. The lowest BCUT2D eigenvalue weighted by molar-refractivity contribution is 0.340. The van der Waals surface area contributed by atoms with Gasteiger partial charge in [-0.25, -0.2) is 14.4 Å². The summed E-state index contributed by atoms with van der Waals surface area (Å²) < 4.78 is 21.0. The molecule has 5 aromatic rings. The molecule has 0 aliphatic heterocycles. The monoisotopic (exact) mass is 413 g/mol. The van der Waals surface area contributed by atoms with Gasteiger partial charge in [0.2, 0.25) is 0 Å².